The van der Waals surface area contributed by atoms with Gasteiger partial charge < -0.3 is 10.6 Å². The number of nitrogens with one attached hydrogen (secondary N) is 2. The molecule has 0 aliphatic heterocycles. The van der Waals surface area contributed by atoms with Crippen molar-refractivity contribution in [1.82, 2.24) is 5.32 Å². The zero-order valence-electron chi connectivity index (χ0n) is 13.3. The van der Waals surface area contributed by atoms with Gasteiger partial charge in [0.15, 0.2) is 0 Å². The van der Waals surface area contributed by atoms with E-state index in [1.807, 2.05) is 0 Å². The Morgan fingerprint density at radius 3 is 2.19 bits per heavy atom. The summed E-state index contributed by atoms with van der Waals surface area (Å²) in [4.78, 5) is 0. The Balaban J connectivity index is 1.81. The third-order valence-corrected chi connectivity index (χ3v) is 3.68. The highest BCUT2D eigenvalue weighted by molar-refractivity contribution is 5.48. The van der Waals surface area contributed by atoms with Crippen LogP contribution >= 0.6 is 0 Å². The van der Waals surface area contributed by atoms with Gasteiger partial charge in [-0.1, -0.05) is 43.3 Å². The fourth-order valence-electron chi connectivity index (χ4n) is 2.71. The second kappa shape index (κ2) is 7.84. The lowest BCUT2D eigenvalue weighted by Gasteiger charge is -2.18. The molecule has 1 unspecified atom stereocenters. The molecule has 1 atom stereocenters. The van der Waals surface area contributed by atoms with E-state index in [9.17, 15) is 0 Å². The van der Waals surface area contributed by atoms with Crippen molar-refractivity contribution in [2.45, 2.75) is 33.2 Å². The van der Waals surface area contributed by atoms with Gasteiger partial charge in [0.2, 0.25) is 0 Å². The van der Waals surface area contributed by atoms with Crippen molar-refractivity contribution in [3.05, 3.63) is 65.2 Å². The lowest BCUT2D eigenvalue weighted by Crippen LogP contribution is -2.26. The smallest absolute Gasteiger partial charge is 0.0345 e. The van der Waals surface area contributed by atoms with Gasteiger partial charge >= 0.3 is 0 Å². The molecule has 0 aromatic heterocycles. The summed E-state index contributed by atoms with van der Waals surface area (Å²) in [5, 5.41) is 7.12. The Bertz CT molecular complexity index is 528. The molecule has 2 rings (SSSR count). The van der Waals surface area contributed by atoms with Gasteiger partial charge in [-0.3, -0.25) is 0 Å². The Hall–Kier alpha value is -1.80. The summed E-state index contributed by atoms with van der Waals surface area (Å²) in [5.74, 6) is 0. The van der Waals surface area contributed by atoms with E-state index in [4.69, 9.17) is 0 Å². The molecule has 2 heteroatoms. The minimum atomic E-state index is 0.437. The van der Waals surface area contributed by atoms with Gasteiger partial charge in [-0.25, -0.2) is 0 Å². The monoisotopic (exact) mass is 282 g/mol. The summed E-state index contributed by atoms with van der Waals surface area (Å²) < 4.78 is 0. The Morgan fingerprint density at radius 1 is 0.905 bits per heavy atom. The first-order valence-corrected chi connectivity index (χ1v) is 7.79. The van der Waals surface area contributed by atoms with Crippen molar-refractivity contribution in [1.29, 1.82) is 0 Å². The molecular weight excluding hydrogens is 256 g/mol. The van der Waals surface area contributed by atoms with Crippen LogP contribution in [0.4, 0.5) is 5.69 Å². The quantitative estimate of drug-likeness (QED) is 0.733. The van der Waals surface area contributed by atoms with Crippen LogP contribution < -0.4 is 10.6 Å². The Morgan fingerprint density at radius 2 is 1.57 bits per heavy atom. The van der Waals surface area contributed by atoms with E-state index < -0.39 is 0 Å². The minimum absolute atomic E-state index is 0.437. The fourth-order valence-corrected chi connectivity index (χ4v) is 2.71. The summed E-state index contributed by atoms with van der Waals surface area (Å²) >= 11 is 0. The van der Waals surface area contributed by atoms with Crippen LogP contribution in [0.15, 0.2) is 48.5 Å². The molecule has 21 heavy (non-hydrogen) atoms. The van der Waals surface area contributed by atoms with E-state index in [-0.39, 0.29) is 0 Å². The molecule has 0 saturated carbocycles. The van der Waals surface area contributed by atoms with Crippen LogP contribution in [0, 0.1) is 13.8 Å². The Kier molecular flexibility index (Phi) is 5.82. The molecule has 0 fully saturated rings. The largest absolute Gasteiger partial charge is 0.384 e. The summed E-state index contributed by atoms with van der Waals surface area (Å²) in [6.07, 6.45) is 1.10. The SMILES string of the molecule is CCC(NCCNc1cc(C)cc(C)c1)c1ccccc1. The first kappa shape index (κ1) is 15.6. The van der Waals surface area contributed by atoms with Crippen LogP contribution in [-0.4, -0.2) is 13.1 Å². The molecule has 2 aromatic rings. The zero-order chi connectivity index (χ0) is 15.1. The zero-order valence-corrected chi connectivity index (χ0v) is 13.3. The van der Waals surface area contributed by atoms with Crippen molar-refractivity contribution in [2.24, 2.45) is 0 Å². The van der Waals surface area contributed by atoms with Crippen LogP contribution in [0.1, 0.15) is 36.1 Å². The highest BCUT2D eigenvalue weighted by Crippen LogP contribution is 2.16. The number of benzene rings is 2. The fraction of sp³-hybridized carbons (Fsp3) is 0.368. The lowest BCUT2D eigenvalue weighted by molar-refractivity contribution is 0.531. The number of hydrogen-bond acceptors (Lipinski definition) is 2. The van der Waals surface area contributed by atoms with Crippen molar-refractivity contribution < 1.29 is 0 Å². The standard InChI is InChI=1S/C19H26N2/c1-4-19(17-8-6-5-7-9-17)21-11-10-20-18-13-15(2)12-16(3)14-18/h5-9,12-14,19-21H,4,10-11H2,1-3H3. The first-order valence-electron chi connectivity index (χ1n) is 7.79. The van der Waals surface area contributed by atoms with E-state index in [2.05, 4.69) is 79.9 Å². The lowest BCUT2D eigenvalue weighted by atomic mass is 10.0. The van der Waals surface area contributed by atoms with E-state index >= 15 is 0 Å². The van der Waals surface area contributed by atoms with Crippen LogP contribution in [0.25, 0.3) is 0 Å². The van der Waals surface area contributed by atoms with Crippen LogP contribution in [0.5, 0.6) is 0 Å². The third-order valence-electron chi connectivity index (χ3n) is 3.68. The Labute approximate surface area is 128 Å². The van der Waals surface area contributed by atoms with Crippen molar-refractivity contribution >= 4 is 5.69 Å². The van der Waals surface area contributed by atoms with Crippen molar-refractivity contribution in [2.75, 3.05) is 18.4 Å². The van der Waals surface area contributed by atoms with E-state index in [1.54, 1.807) is 0 Å². The number of hydrogen-bond donors (Lipinski definition) is 2. The van der Waals surface area contributed by atoms with Gasteiger partial charge in [0.1, 0.15) is 0 Å². The molecular formula is C19H26N2. The summed E-state index contributed by atoms with van der Waals surface area (Å²) in [6, 6.07) is 17.7. The predicted octanol–water partition coefficient (Wildman–Crippen LogP) is 4.46. The molecule has 0 bridgehead atoms. The van der Waals surface area contributed by atoms with Crippen LogP contribution in [0.2, 0.25) is 0 Å². The molecule has 0 spiro atoms. The predicted molar refractivity (Wildman–Crippen MR) is 91.9 cm³/mol. The second-order valence-corrected chi connectivity index (χ2v) is 5.63. The van der Waals surface area contributed by atoms with E-state index in [0.29, 0.717) is 6.04 Å². The topological polar surface area (TPSA) is 24.1 Å². The van der Waals surface area contributed by atoms with Gasteiger partial charge in [0.25, 0.3) is 0 Å². The number of rotatable bonds is 7. The van der Waals surface area contributed by atoms with Gasteiger partial charge in [0.05, 0.1) is 0 Å². The molecule has 0 amide bonds. The van der Waals surface area contributed by atoms with Crippen LogP contribution in [0.3, 0.4) is 0 Å². The molecule has 2 N–H and O–H groups in total. The molecule has 0 saturated heterocycles. The van der Waals surface area contributed by atoms with Gasteiger partial charge in [0, 0.05) is 24.8 Å². The molecule has 0 aliphatic rings. The maximum atomic E-state index is 3.62. The number of anilines is 1. The number of aryl methyl sites for hydroxylation is 2. The van der Waals surface area contributed by atoms with Gasteiger partial charge in [-0.05, 0) is 49.1 Å². The maximum Gasteiger partial charge on any atom is 0.0345 e. The average molecular weight is 282 g/mol. The molecule has 2 aromatic carbocycles. The molecule has 0 radical (unpaired) electrons. The van der Waals surface area contributed by atoms with Gasteiger partial charge in [-0.15, -0.1) is 0 Å². The molecule has 112 valence electrons. The summed E-state index contributed by atoms with van der Waals surface area (Å²) in [7, 11) is 0. The summed E-state index contributed by atoms with van der Waals surface area (Å²) in [5.41, 5.74) is 5.19. The third kappa shape index (κ3) is 4.91. The highest BCUT2D eigenvalue weighted by Gasteiger charge is 2.06. The van der Waals surface area contributed by atoms with Crippen molar-refractivity contribution in [3.8, 4) is 0 Å². The normalized spacial score (nSPS) is 12.1. The summed E-state index contributed by atoms with van der Waals surface area (Å²) in [6.45, 7) is 8.40. The van der Waals surface area contributed by atoms with E-state index in [1.165, 1.54) is 22.4 Å². The van der Waals surface area contributed by atoms with Crippen LogP contribution in [-0.2, 0) is 0 Å². The molecule has 0 aliphatic carbocycles. The molecule has 2 nitrogen and oxygen atoms in total. The average Bonchev–Trinajstić information content (AvgIpc) is 2.47. The van der Waals surface area contributed by atoms with E-state index in [0.717, 1.165) is 19.5 Å². The maximum absolute atomic E-state index is 3.62. The molecule has 0 heterocycles. The van der Waals surface area contributed by atoms with Crippen molar-refractivity contribution in [3.63, 3.8) is 0 Å². The first-order chi connectivity index (χ1) is 10.2. The highest BCUT2D eigenvalue weighted by atomic mass is 15.0. The second-order valence-electron chi connectivity index (χ2n) is 5.63. The van der Waals surface area contributed by atoms with Gasteiger partial charge in [-0.2, -0.15) is 0 Å². The minimum Gasteiger partial charge on any atom is -0.384 e.